The van der Waals surface area contributed by atoms with Crippen LogP contribution < -0.4 is 9.47 Å². The highest BCUT2D eigenvalue weighted by Crippen LogP contribution is 2.25. The molecular weight excluding hydrogens is 338 g/mol. The monoisotopic (exact) mass is 369 g/mol. The average molecular weight is 370 g/mol. The van der Waals surface area contributed by atoms with Crippen LogP contribution in [0.15, 0.2) is 42.7 Å². The predicted molar refractivity (Wildman–Crippen MR) is 108 cm³/mol. The van der Waals surface area contributed by atoms with E-state index in [2.05, 4.69) is 46.0 Å². The van der Waals surface area contributed by atoms with Crippen molar-refractivity contribution >= 4 is 0 Å². The van der Waals surface area contributed by atoms with E-state index in [4.69, 9.17) is 9.47 Å². The van der Waals surface area contributed by atoms with Gasteiger partial charge in [-0.25, -0.2) is 0 Å². The molecule has 2 heterocycles. The number of ether oxygens (including phenoxy) is 2. The molecule has 0 unspecified atom stereocenters. The predicted octanol–water partition coefficient (Wildman–Crippen LogP) is 3.59. The zero-order chi connectivity index (χ0) is 19.1. The van der Waals surface area contributed by atoms with Crippen molar-refractivity contribution in [2.45, 2.75) is 38.9 Å². The maximum absolute atomic E-state index is 5.45. The maximum Gasteiger partial charge on any atom is 0.122 e. The molecule has 1 atom stereocenters. The topological polar surface area (TPSA) is 37.8 Å². The lowest BCUT2D eigenvalue weighted by Crippen LogP contribution is -2.39. The van der Waals surface area contributed by atoms with E-state index in [1.54, 1.807) is 14.2 Å². The van der Waals surface area contributed by atoms with Crippen LogP contribution in [0.3, 0.4) is 0 Å². The molecule has 2 aromatic rings. The van der Waals surface area contributed by atoms with E-state index < -0.39 is 0 Å². The van der Waals surface area contributed by atoms with Crippen LogP contribution >= 0.6 is 0 Å². The molecule has 0 bridgehead atoms. The second-order valence-corrected chi connectivity index (χ2v) is 7.17. The molecule has 5 heteroatoms. The van der Waals surface area contributed by atoms with E-state index >= 15 is 0 Å². The van der Waals surface area contributed by atoms with E-state index in [0.29, 0.717) is 6.04 Å². The van der Waals surface area contributed by atoms with Gasteiger partial charge in [0, 0.05) is 44.1 Å². The lowest BCUT2D eigenvalue weighted by atomic mass is 10.1. The van der Waals surface area contributed by atoms with Crippen LogP contribution in [0.4, 0.5) is 0 Å². The molecule has 0 aliphatic carbocycles. The minimum atomic E-state index is 0.629. The lowest BCUT2D eigenvalue weighted by molar-refractivity contribution is 0.166. The Hall–Kier alpha value is -2.11. The Bertz CT molecular complexity index is 686. The first-order chi connectivity index (χ1) is 13.2. The Morgan fingerprint density at radius 1 is 1.04 bits per heavy atom. The summed E-state index contributed by atoms with van der Waals surface area (Å²) in [6, 6.07) is 11.0. The summed E-state index contributed by atoms with van der Waals surface area (Å²) in [5.41, 5.74) is 2.50. The first kappa shape index (κ1) is 19.6. The van der Waals surface area contributed by atoms with Crippen LogP contribution in [0, 0.1) is 0 Å². The number of aromatic nitrogens is 1. The van der Waals surface area contributed by atoms with E-state index in [1.807, 2.05) is 18.5 Å². The summed E-state index contributed by atoms with van der Waals surface area (Å²) < 4.78 is 10.9. The van der Waals surface area contributed by atoms with Crippen molar-refractivity contribution in [1.29, 1.82) is 0 Å². The van der Waals surface area contributed by atoms with Gasteiger partial charge < -0.3 is 9.47 Å². The van der Waals surface area contributed by atoms with Crippen LogP contribution in [0.2, 0.25) is 0 Å². The quantitative estimate of drug-likeness (QED) is 0.675. The Morgan fingerprint density at radius 3 is 2.33 bits per heavy atom. The number of benzene rings is 1. The summed E-state index contributed by atoms with van der Waals surface area (Å²) in [7, 11) is 3.40. The third-order valence-electron chi connectivity index (χ3n) is 5.35. The van der Waals surface area contributed by atoms with Crippen LogP contribution in [0.25, 0.3) is 0 Å². The van der Waals surface area contributed by atoms with Gasteiger partial charge in [-0.3, -0.25) is 14.8 Å². The van der Waals surface area contributed by atoms with Gasteiger partial charge in [-0.05, 0) is 61.3 Å². The summed E-state index contributed by atoms with van der Waals surface area (Å²) in [5.74, 6) is 1.67. The number of rotatable bonds is 9. The highest BCUT2D eigenvalue weighted by molar-refractivity contribution is 5.38. The van der Waals surface area contributed by atoms with Gasteiger partial charge >= 0.3 is 0 Å². The van der Waals surface area contributed by atoms with Gasteiger partial charge in [0.05, 0.1) is 14.2 Å². The summed E-state index contributed by atoms with van der Waals surface area (Å²) in [6.07, 6.45) is 6.32. The number of nitrogens with zero attached hydrogens (tertiary/aromatic N) is 3. The fourth-order valence-electron chi connectivity index (χ4n) is 3.96. The highest BCUT2D eigenvalue weighted by Gasteiger charge is 2.25. The Morgan fingerprint density at radius 2 is 1.70 bits per heavy atom. The molecular formula is C22H31N3O2. The summed E-state index contributed by atoms with van der Waals surface area (Å²) in [5, 5.41) is 0. The molecule has 1 aliphatic heterocycles. The van der Waals surface area contributed by atoms with Crippen LogP contribution in [0.5, 0.6) is 11.5 Å². The Labute approximate surface area is 162 Å². The fourth-order valence-corrected chi connectivity index (χ4v) is 3.96. The SMILES string of the molecule is CCN1CCC[C@@H]1CN(Cc1ccncc1)Cc1cc(OC)cc(OC)c1. The molecule has 146 valence electrons. The van der Waals surface area contributed by atoms with Gasteiger partial charge in [0.25, 0.3) is 0 Å². The summed E-state index contributed by atoms with van der Waals surface area (Å²) in [4.78, 5) is 9.28. The Kier molecular flexibility index (Phi) is 7.07. The third-order valence-corrected chi connectivity index (χ3v) is 5.35. The van der Waals surface area contributed by atoms with E-state index in [-0.39, 0.29) is 0 Å². The van der Waals surface area contributed by atoms with Gasteiger partial charge in [-0.2, -0.15) is 0 Å². The number of likely N-dealkylation sites (tertiary alicyclic amines) is 1. The standard InChI is InChI=1S/C22H31N3O2/c1-4-25-11-5-6-20(25)17-24(15-18-7-9-23-10-8-18)16-19-12-21(26-2)14-22(13-19)27-3/h7-10,12-14,20H,4-6,11,15-17H2,1-3H3/t20-/m1/s1. The number of hydrogen-bond acceptors (Lipinski definition) is 5. The van der Waals surface area contributed by atoms with Crippen molar-refractivity contribution < 1.29 is 9.47 Å². The van der Waals surface area contributed by atoms with Crippen molar-refractivity contribution in [3.05, 3.63) is 53.9 Å². The Balaban J connectivity index is 1.78. The smallest absolute Gasteiger partial charge is 0.122 e. The molecule has 0 spiro atoms. The molecule has 1 aromatic carbocycles. The zero-order valence-corrected chi connectivity index (χ0v) is 16.7. The molecule has 1 fully saturated rings. The fraction of sp³-hybridized carbons (Fsp3) is 0.500. The lowest BCUT2D eigenvalue weighted by Gasteiger charge is -2.30. The number of hydrogen-bond donors (Lipinski definition) is 0. The number of pyridine rings is 1. The molecule has 1 aromatic heterocycles. The van der Waals surface area contributed by atoms with Crippen molar-refractivity contribution in [2.24, 2.45) is 0 Å². The summed E-state index contributed by atoms with van der Waals surface area (Å²) >= 11 is 0. The van der Waals surface area contributed by atoms with Crippen molar-refractivity contribution in [3.63, 3.8) is 0 Å². The summed E-state index contributed by atoms with van der Waals surface area (Å²) in [6.45, 7) is 7.45. The minimum absolute atomic E-state index is 0.629. The number of methoxy groups -OCH3 is 2. The first-order valence-electron chi connectivity index (χ1n) is 9.79. The second-order valence-electron chi connectivity index (χ2n) is 7.17. The largest absolute Gasteiger partial charge is 0.497 e. The molecule has 27 heavy (non-hydrogen) atoms. The van der Waals surface area contributed by atoms with E-state index in [9.17, 15) is 0 Å². The van der Waals surface area contributed by atoms with Gasteiger partial charge in [-0.1, -0.05) is 6.92 Å². The molecule has 0 amide bonds. The van der Waals surface area contributed by atoms with Gasteiger partial charge in [0.2, 0.25) is 0 Å². The third kappa shape index (κ3) is 5.44. The van der Waals surface area contributed by atoms with Gasteiger partial charge in [-0.15, -0.1) is 0 Å². The van der Waals surface area contributed by atoms with Crippen LogP contribution in [-0.2, 0) is 13.1 Å². The molecule has 0 radical (unpaired) electrons. The number of likely N-dealkylation sites (N-methyl/N-ethyl adjacent to an activating group) is 1. The van der Waals surface area contributed by atoms with Gasteiger partial charge in [0.1, 0.15) is 11.5 Å². The molecule has 0 N–H and O–H groups in total. The van der Waals surface area contributed by atoms with Crippen molar-refractivity contribution in [2.75, 3.05) is 33.9 Å². The molecule has 1 saturated heterocycles. The van der Waals surface area contributed by atoms with Crippen LogP contribution in [-0.4, -0.2) is 54.7 Å². The van der Waals surface area contributed by atoms with E-state index in [1.165, 1.54) is 30.5 Å². The highest BCUT2D eigenvalue weighted by atomic mass is 16.5. The van der Waals surface area contributed by atoms with Gasteiger partial charge in [0.15, 0.2) is 0 Å². The molecule has 3 rings (SSSR count). The second kappa shape index (κ2) is 9.72. The molecule has 5 nitrogen and oxygen atoms in total. The maximum atomic E-state index is 5.45. The van der Waals surface area contributed by atoms with Crippen molar-refractivity contribution in [1.82, 2.24) is 14.8 Å². The van der Waals surface area contributed by atoms with Crippen molar-refractivity contribution in [3.8, 4) is 11.5 Å². The zero-order valence-electron chi connectivity index (χ0n) is 16.7. The van der Waals surface area contributed by atoms with Crippen LogP contribution in [0.1, 0.15) is 30.9 Å². The molecule has 1 aliphatic rings. The average Bonchev–Trinajstić information content (AvgIpc) is 3.15. The minimum Gasteiger partial charge on any atom is -0.497 e. The molecule has 0 saturated carbocycles. The van der Waals surface area contributed by atoms with E-state index in [0.717, 1.165) is 37.7 Å². The normalized spacial score (nSPS) is 17.4. The first-order valence-corrected chi connectivity index (χ1v) is 9.79.